The van der Waals surface area contributed by atoms with Crippen molar-refractivity contribution in [2.75, 3.05) is 19.4 Å². The van der Waals surface area contributed by atoms with Crippen molar-refractivity contribution in [3.05, 3.63) is 29.8 Å². The van der Waals surface area contributed by atoms with E-state index < -0.39 is 0 Å². The van der Waals surface area contributed by atoms with Gasteiger partial charge in [0.25, 0.3) is 0 Å². The summed E-state index contributed by atoms with van der Waals surface area (Å²) in [5, 5.41) is 3.89. The first-order valence-corrected chi connectivity index (χ1v) is 8.67. The van der Waals surface area contributed by atoms with Crippen LogP contribution < -0.4 is 5.32 Å². The molecule has 1 aromatic rings. The largest absolute Gasteiger partial charge is 0.382 e. The topological polar surface area (TPSA) is 15.3 Å². The van der Waals surface area contributed by atoms with Gasteiger partial charge in [-0.1, -0.05) is 12.1 Å². The van der Waals surface area contributed by atoms with E-state index in [1.54, 1.807) is 6.42 Å². The van der Waals surface area contributed by atoms with Crippen LogP contribution in [0, 0.1) is 23.7 Å². The third-order valence-corrected chi connectivity index (χ3v) is 6.01. The van der Waals surface area contributed by atoms with Crippen LogP contribution in [0.4, 0.5) is 5.69 Å². The zero-order chi connectivity index (χ0) is 14.4. The summed E-state index contributed by atoms with van der Waals surface area (Å²) < 4.78 is 0. The first-order valence-electron chi connectivity index (χ1n) is 8.67. The number of hydrogen-bond donors (Lipinski definition) is 1. The van der Waals surface area contributed by atoms with Gasteiger partial charge < -0.3 is 10.2 Å². The molecule has 0 amide bonds. The molecule has 0 unspecified atom stereocenters. The fourth-order valence-corrected chi connectivity index (χ4v) is 5.42. The number of rotatable bonds is 4. The van der Waals surface area contributed by atoms with Crippen molar-refractivity contribution < 1.29 is 0 Å². The second-order valence-electron chi connectivity index (χ2n) is 8.04. The van der Waals surface area contributed by atoms with Gasteiger partial charge in [-0.15, -0.1) is 0 Å². The molecule has 0 aliphatic heterocycles. The van der Waals surface area contributed by atoms with Crippen LogP contribution in [-0.2, 0) is 6.54 Å². The van der Waals surface area contributed by atoms with Gasteiger partial charge >= 0.3 is 0 Å². The van der Waals surface area contributed by atoms with E-state index in [0.29, 0.717) is 0 Å². The molecular weight excluding hydrogens is 256 g/mol. The van der Waals surface area contributed by atoms with Crippen LogP contribution in [0.5, 0.6) is 0 Å². The average Bonchev–Trinajstić information content (AvgIpc) is 2.43. The fourth-order valence-electron chi connectivity index (χ4n) is 5.42. The Morgan fingerprint density at radius 3 is 2.00 bits per heavy atom. The van der Waals surface area contributed by atoms with Crippen LogP contribution in [0.15, 0.2) is 24.3 Å². The molecule has 114 valence electrons. The number of benzene rings is 1. The summed E-state index contributed by atoms with van der Waals surface area (Å²) in [6.45, 7) is 1.03. The molecule has 0 spiro atoms. The molecule has 1 aromatic carbocycles. The lowest BCUT2D eigenvalue weighted by atomic mass is 9.54. The van der Waals surface area contributed by atoms with Gasteiger partial charge in [0.05, 0.1) is 0 Å². The highest BCUT2D eigenvalue weighted by atomic mass is 15.0. The van der Waals surface area contributed by atoms with E-state index in [0.717, 1.165) is 36.3 Å². The van der Waals surface area contributed by atoms with Crippen molar-refractivity contribution in [3.63, 3.8) is 0 Å². The van der Waals surface area contributed by atoms with Crippen molar-refractivity contribution in [1.82, 2.24) is 4.90 Å². The second-order valence-corrected chi connectivity index (χ2v) is 8.04. The third kappa shape index (κ3) is 2.70. The Kier molecular flexibility index (Phi) is 3.45. The molecule has 0 saturated heterocycles. The first kappa shape index (κ1) is 13.6. The van der Waals surface area contributed by atoms with E-state index in [4.69, 9.17) is 0 Å². The molecule has 21 heavy (non-hydrogen) atoms. The van der Waals surface area contributed by atoms with Crippen LogP contribution in [0.2, 0.25) is 0 Å². The lowest BCUT2D eigenvalue weighted by Crippen LogP contribution is -2.51. The molecule has 4 fully saturated rings. The Morgan fingerprint density at radius 2 is 1.48 bits per heavy atom. The zero-order valence-corrected chi connectivity index (χ0v) is 13.4. The van der Waals surface area contributed by atoms with Crippen LogP contribution in [0.25, 0.3) is 0 Å². The molecule has 5 rings (SSSR count). The van der Waals surface area contributed by atoms with Gasteiger partial charge in [0.15, 0.2) is 0 Å². The molecule has 4 saturated carbocycles. The number of nitrogens with one attached hydrogen (secondary N) is 1. The van der Waals surface area contributed by atoms with E-state index in [2.05, 4.69) is 48.6 Å². The van der Waals surface area contributed by atoms with Crippen LogP contribution in [0.1, 0.15) is 37.7 Å². The predicted octanol–water partition coefficient (Wildman–Crippen LogP) is 3.98. The SMILES string of the molecule is CN(C)Cc1ccc(NC2C3CC4CC(C3)CC2C4)cc1. The Balaban J connectivity index is 1.44. The third-order valence-electron chi connectivity index (χ3n) is 6.01. The Bertz CT molecular complexity index is 463. The molecule has 1 N–H and O–H groups in total. The predicted molar refractivity (Wildman–Crippen MR) is 88.3 cm³/mol. The summed E-state index contributed by atoms with van der Waals surface area (Å²) >= 11 is 0. The minimum absolute atomic E-state index is 0.748. The Labute approximate surface area is 128 Å². The molecule has 4 bridgehead atoms. The highest BCUT2D eigenvalue weighted by molar-refractivity contribution is 5.46. The van der Waals surface area contributed by atoms with Gasteiger partial charge in [-0.05, 0) is 87.6 Å². The van der Waals surface area contributed by atoms with E-state index in [1.165, 1.54) is 36.9 Å². The van der Waals surface area contributed by atoms with E-state index in [9.17, 15) is 0 Å². The molecule has 0 radical (unpaired) electrons. The maximum Gasteiger partial charge on any atom is 0.0342 e. The second kappa shape index (κ2) is 5.31. The van der Waals surface area contributed by atoms with Crippen molar-refractivity contribution in [2.45, 2.75) is 44.7 Å². The van der Waals surface area contributed by atoms with Crippen LogP contribution in [-0.4, -0.2) is 25.0 Å². The minimum atomic E-state index is 0.748. The Morgan fingerprint density at radius 1 is 0.905 bits per heavy atom. The van der Waals surface area contributed by atoms with Gasteiger partial charge in [-0.2, -0.15) is 0 Å². The summed E-state index contributed by atoms with van der Waals surface area (Å²) in [4.78, 5) is 2.22. The number of hydrogen-bond acceptors (Lipinski definition) is 2. The number of anilines is 1. The van der Waals surface area contributed by atoms with Gasteiger partial charge in [0.1, 0.15) is 0 Å². The molecule has 0 atom stereocenters. The highest BCUT2D eigenvalue weighted by Gasteiger charge is 2.48. The van der Waals surface area contributed by atoms with E-state index >= 15 is 0 Å². The first-order chi connectivity index (χ1) is 10.2. The van der Waals surface area contributed by atoms with Crippen molar-refractivity contribution >= 4 is 5.69 Å². The standard InChI is InChI=1S/C19H28N2/c1-21(2)12-13-3-5-18(6-4-13)20-19-16-8-14-7-15(10-16)11-17(19)9-14/h3-6,14-17,19-20H,7-12H2,1-2H3. The zero-order valence-electron chi connectivity index (χ0n) is 13.4. The maximum absolute atomic E-state index is 3.89. The van der Waals surface area contributed by atoms with Crippen molar-refractivity contribution in [1.29, 1.82) is 0 Å². The van der Waals surface area contributed by atoms with Gasteiger partial charge in [0.2, 0.25) is 0 Å². The molecule has 2 heteroatoms. The molecule has 4 aliphatic carbocycles. The number of nitrogens with zero attached hydrogens (tertiary/aromatic N) is 1. The summed E-state index contributed by atoms with van der Waals surface area (Å²) in [7, 11) is 4.25. The lowest BCUT2D eigenvalue weighted by molar-refractivity contribution is 0.00754. The smallest absolute Gasteiger partial charge is 0.0342 e. The quantitative estimate of drug-likeness (QED) is 0.899. The molecular formula is C19H28N2. The molecule has 0 heterocycles. The monoisotopic (exact) mass is 284 g/mol. The summed E-state index contributed by atoms with van der Waals surface area (Å²) in [6.07, 6.45) is 7.50. The van der Waals surface area contributed by atoms with Crippen LogP contribution >= 0.6 is 0 Å². The van der Waals surface area contributed by atoms with Gasteiger partial charge in [-0.25, -0.2) is 0 Å². The molecule has 2 nitrogen and oxygen atoms in total. The van der Waals surface area contributed by atoms with Gasteiger partial charge in [-0.3, -0.25) is 0 Å². The minimum Gasteiger partial charge on any atom is -0.382 e. The van der Waals surface area contributed by atoms with Crippen LogP contribution in [0.3, 0.4) is 0 Å². The fraction of sp³-hybridized carbons (Fsp3) is 0.684. The summed E-state index contributed by atoms with van der Waals surface area (Å²) in [5.74, 6) is 4.02. The molecule has 0 aromatic heterocycles. The van der Waals surface area contributed by atoms with Crippen molar-refractivity contribution in [3.8, 4) is 0 Å². The lowest BCUT2D eigenvalue weighted by Gasteiger charge is -2.54. The van der Waals surface area contributed by atoms with Gasteiger partial charge in [0, 0.05) is 18.3 Å². The average molecular weight is 284 g/mol. The summed E-state index contributed by atoms with van der Waals surface area (Å²) in [5.41, 5.74) is 2.73. The van der Waals surface area contributed by atoms with E-state index in [-0.39, 0.29) is 0 Å². The highest BCUT2D eigenvalue weighted by Crippen LogP contribution is 2.54. The Hall–Kier alpha value is -1.02. The summed E-state index contributed by atoms with van der Waals surface area (Å²) in [6, 6.07) is 9.86. The van der Waals surface area contributed by atoms with E-state index in [1.807, 2.05) is 0 Å². The normalized spacial score (nSPS) is 37.2. The van der Waals surface area contributed by atoms with Crippen molar-refractivity contribution in [2.24, 2.45) is 23.7 Å². The molecule has 4 aliphatic rings. The maximum atomic E-state index is 3.89.